The van der Waals surface area contributed by atoms with E-state index in [1.54, 1.807) is 6.20 Å². The molecule has 0 radical (unpaired) electrons. The zero-order valence-corrected chi connectivity index (χ0v) is 7.24. The summed E-state index contributed by atoms with van der Waals surface area (Å²) in [7, 11) is 1.88. The van der Waals surface area contributed by atoms with Crippen molar-refractivity contribution in [1.29, 1.82) is 5.26 Å². The molecule has 0 N–H and O–H groups in total. The first-order valence-electron chi connectivity index (χ1n) is 3.69. The van der Waals surface area contributed by atoms with Gasteiger partial charge in [0.1, 0.15) is 5.76 Å². The fraction of sp³-hybridized carbons (Fsp3) is 0.500. The van der Waals surface area contributed by atoms with Crippen LogP contribution in [0.25, 0.3) is 0 Å². The van der Waals surface area contributed by atoms with E-state index in [0.717, 1.165) is 11.3 Å². The average molecular weight is 165 g/mol. The first-order valence-corrected chi connectivity index (χ1v) is 3.69. The number of nitriles is 1. The molecule has 0 aliphatic heterocycles. The van der Waals surface area contributed by atoms with E-state index in [4.69, 9.17) is 9.78 Å². The van der Waals surface area contributed by atoms with E-state index in [-0.39, 0.29) is 0 Å². The standard InChI is InChI=1S/C8H11N3O/c1-7-8(5-10-12-7)6-11(2)4-3-9/h5H,4,6H2,1-2H3. The Morgan fingerprint density at radius 2 is 2.50 bits per heavy atom. The molecule has 0 aromatic carbocycles. The quantitative estimate of drug-likeness (QED) is 0.625. The van der Waals surface area contributed by atoms with Crippen molar-refractivity contribution in [3.05, 3.63) is 17.5 Å². The van der Waals surface area contributed by atoms with Gasteiger partial charge in [-0.05, 0) is 14.0 Å². The van der Waals surface area contributed by atoms with Crippen LogP contribution in [-0.4, -0.2) is 23.6 Å². The van der Waals surface area contributed by atoms with Crippen molar-refractivity contribution < 1.29 is 4.52 Å². The van der Waals surface area contributed by atoms with Crippen LogP contribution >= 0.6 is 0 Å². The SMILES string of the molecule is Cc1oncc1CN(C)CC#N. The summed E-state index contributed by atoms with van der Waals surface area (Å²) in [6.07, 6.45) is 1.68. The van der Waals surface area contributed by atoms with Gasteiger partial charge in [0.15, 0.2) is 0 Å². The van der Waals surface area contributed by atoms with Gasteiger partial charge in [0.05, 0.1) is 18.8 Å². The Morgan fingerprint density at radius 1 is 1.75 bits per heavy atom. The topological polar surface area (TPSA) is 53.1 Å². The maximum Gasteiger partial charge on any atom is 0.138 e. The fourth-order valence-corrected chi connectivity index (χ4v) is 0.938. The highest BCUT2D eigenvalue weighted by Crippen LogP contribution is 2.07. The van der Waals surface area contributed by atoms with Crippen molar-refractivity contribution in [1.82, 2.24) is 10.1 Å². The molecule has 4 heteroatoms. The van der Waals surface area contributed by atoms with E-state index >= 15 is 0 Å². The minimum Gasteiger partial charge on any atom is -0.361 e. The first-order chi connectivity index (χ1) is 5.74. The van der Waals surface area contributed by atoms with E-state index in [1.807, 2.05) is 18.9 Å². The minimum atomic E-state index is 0.421. The largest absolute Gasteiger partial charge is 0.361 e. The number of aryl methyl sites for hydroxylation is 1. The summed E-state index contributed by atoms with van der Waals surface area (Å²) in [5.41, 5.74) is 1.03. The third-order valence-corrected chi connectivity index (χ3v) is 1.63. The molecule has 1 aromatic heterocycles. The lowest BCUT2D eigenvalue weighted by molar-refractivity contribution is 0.358. The molecule has 0 saturated heterocycles. The van der Waals surface area contributed by atoms with Crippen LogP contribution in [-0.2, 0) is 6.54 Å². The Balaban J connectivity index is 2.53. The van der Waals surface area contributed by atoms with Crippen LogP contribution in [0.2, 0.25) is 0 Å². The second kappa shape index (κ2) is 3.88. The summed E-state index contributed by atoms with van der Waals surface area (Å²) >= 11 is 0. The van der Waals surface area contributed by atoms with Crippen LogP contribution in [0.4, 0.5) is 0 Å². The second-order valence-electron chi connectivity index (χ2n) is 2.74. The van der Waals surface area contributed by atoms with Gasteiger partial charge in [-0.1, -0.05) is 5.16 Å². The molecule has 1 aromatic rings. The van der Waals surface area contributed by atoms with Gasteiger partial charge < -0.3 is 4.52 Å². The third-order valence-electron chi connectivity index (χ3n) is 1.63. The Labute approximate surface area is 71.4 Å². The Hall–Kier alpha value is -1.34. The van der Waals surface area contributed by atoms with Gasteiger partial charge >= 0.3 is 0 Å². The lowest BCUT2D eigenvalue weighted by Gasteiger charge is -2.09. The Morgan fingerprint density at radius 3 is 3.00 bits per heavy atom. The molecular weight excluding hydrogens is 154 g/mol. The molecule has 1 rings (SSSR count). The number of rotatable bonds is 3. The van der Waals surface area contributed by atoms with Crippen molar-refractivity contribution in [2.75, 3.05) is 13.6 Å². The lowest BCUT2D eigenvalue weighted by Crippen LogP contribution is -2.17. The van der Waals surface area contributed by atoms with Gasteiger partial charge in [-0.2, -0.15) is 5.26 Å². The summed E-state index contributed by atoms with van der Waals surface area (Å²) in [5.74, 6) is 0.819. The normalized spacial score (nSPS) is 10.2. The van der Waals surface area contributed by atoms with Crippen LogP contribution in [0.5, 0.6) is 0 Å². The summed E-state index contributed by atoms with van der Waals surface area (Å²) in [5, 5.41) is 12.1. The molecule has 0 atom stereocenters. The minimum absolute atomic E-state index is 0.421. The molecule has 0 saturated carbocycles. The van der Waals surface area contributed by atoms with Crippen LogP contribution in [0.3, 0.4) is 0 Å². The molecule has 0 spiro atoms. The van der Waals surface area contributed by atoms with Gasteiger partial charge in [-0.25, -0.2) is 0 Å². The third kappa shape index (κ3) is 2.07. The maximum absolute atomic E-state index is 8.40. The van der Waals surface area contributed by atoms with Gasteiger partial charge in [0.2, 0.25) is 0 Å². The number of hydrogen-bond acceptors (Lipinski definition) is 4. The highest BCUT2D eigenvalue weighted by molar-refractivity contribution is 5.11. The van der Waals surface area contributed by atoms with Crippen molar-refractivity contribution in [2.24, 2.45) is 0 Å². The summed E-state index contributed by atoms with van der Waals surface area (Å²) in [6, 6.07) is 2.07. The van der Waals surface area contributed by atoms with Gasteiger partial charge in [0, 0.05) is 12.1 Å². The fourth-order valence-electron chi connectivity index (χ4n) is 0.938. The van der Waals surface area contributed by atoms with E-state index in [1.165, 1.54) is 0 Å². The van der Waals surface area contributed by atoms with Crippen LogP contribution in [0, 0.1) is 18.3 Å². The Kier molecular flexibility index (Phi) is 2.83. The summed E-state index contributed by atoms with van der Waals surface area (Å²) in [4.78, 5) is 1.90. The van der Waals surface area contributed by atoms with Crippen molar-refractivity contribution in [2.45, 2.75) is 13.5 Å². The molecule has 0 unspecified atom stereocenters. The van der Waals surface area contributed by atoms with Gasteiger partial charge in [-0.15, -0.1) is 0 Å². The van der Waals surface area contributed by atoms with Crippen molar-refractivity contribution >= 4 is 0 Å². The zero-order valence-electron chi connectivity index (χ0n) is 7.24. The van der Waals surface area contributed by atoms with Crippen LogP contribution in [0.1, 0.15) is 11.3 Å². The smallest absolute Gasteiger partial charge is 0.138 e. The van der Waals surface area contributed by atoms with Crippen LogP contribution in [0.15, 0.2) is 10.7 Å². The number of aromatic nitrogens is 1. The number of nitrogens with zero attached hydrogens (tertiary/aromatic N) is 3. The average Bonchev–Trinajstić information content (AvgIpc) is 2.37. The van der Waals surface area contributed by atoms with Crippen molar-refractivity contribution in [3.63, 3.8) is 0 Å². The van der Waals surface area contributed by atoms with Gasteiger partial charge in [0.25, 0.3) is 0 Å². The van der Waals surface area contributed by atoms with E-state index < -0.39 is 0 Å². The predicted molar refractivity (Wildman–Crippen MR) is 43.2 cm³/mol. The highest BCUT2D eigenvalue weighted by atomic mass is 16.5. The Bertz CT molecular complexity index is 287. The molecule has 0 aliphatic carbocycles. The van der Waals surface area contributed by atoms with Gasteiger partial charge in [-0.3, -0.25) is 4.90 Å². The monoisotopic (exact) mass is 165 g/mol. The molecule has 0 amide bonds. The highest BCUT2D eigenvalue weighted by Gasteiger charge is 2.05. The van der Waals surface area contributed by atoms with Crippen molar-refractivity contribution in [3.8, 4) is 6.07 Å². The molecule has 12 heavy (non-hydrogen) atoms. The van der Waals surface area contributed by atoms with E-state index in [2.05, 4.69) is 11.2 Å². The molecule has 0 aliphatic rings. The second-order valence-corrected chi connectivity index (χ2v) is 2.74. The van der Waals surface area contributed by atoms with Crippen LogP contribution < -0.4 is 0 Å². The zero-order chi connectivity index (χ0) is 8.97. The molecular formula is C8H11N3O. The predicted octanol–water partition coefficient (Wildman–Crippen LogP) is 0.938. The number of hydrogen-bond donors (Lipinski definition) is 0. The maximum atomic E-state index is 8.40. The first kappa shape index (κ1) is 8.75. The van der Waals surface area contributed by atoms with E-state index in [9.17, 15) is 0 Å². The molecule has 64 valence electrons. The molecule has 1 heterocycles. The molecule has 0 fully saturated rings. The molecule has 4 nitrogen and oxygen atoms in total. The lowest BCUT2D eigenvalue weighted by atomic mass is 10.2. The summed E-state index contributed by atoms with van der Waals surface area (Å²) in [6.45, 7) is 3.00. The molecule has 0 bridgehead atoms. The summed E-state index contributed by atoms with van der Waals surface area (Å²) < 4.78 is 4.88. The van der Waals surface area contributed by atoms with E-state index in [0.29, 0.717) is 13.1 Å².